The lowest BCUT2D eigenvalue weighted by Gasteiger charge is -2.01. The van der Waals surface area contributed by atoms with Crippen LogP contribution in [-0.4, -0.2) is 17.5 Å². The molecule has 0 aromatic heterocycles. The normalized spacial score (nSPS) is 11.5. The number of hydrogen-bond donors (Lipinski definition) is 1. The van der Waals surface area contributed by atoms with Gasteiger partial charge in [0.2, 0.25) is 0 Å². The maximum atomic E-state index is 8.65. The average Bonchev–Trinajstić information content (AvgIpc) is 2.47. The zero-order valence-electron chi connectivity index (χ0n) is 13.6. The van der Waals surface area contributed by atoms with Crippen LogP contribution in [0.4, 0.5) is 0 Å². The Balaban J connectivity index is 2.99. The molecule has 0 aliphatic rings. The third-order valence-corrected chi connectivity index (χ3v) is 4.50. The number of aliphatic hydroxyl groups excluding tert-OH is 1. The van der Waals surface area contributed by atoms with Gasteiger partial charge in [0.15, 0.2) is 0 Å². The second-order valence-corrected chi connectivity index (χ2v) is 6.66. The van der Waals surface area contributed by atoms with Crippen molar-refractivity contribution in [2.75, 3.05) is 12.4 Å². The van der Waals surface area contributed by atoms with Crippen molar-refractivity contribution in [3.05, 3.63) is 11.5 Å². The maximum absolute atomic E-state index is 8.65. The summed E-state index contributed by atoms with van der Waals surface area (Å²) in [5.74, 6) is 1.27. The second kappa shape index (κ2) is 19.1. The van der Waals surface area contributed by atoms with Crippen molar-refractivity contribution in [3.8, 4) is 0 Å². The first-order valence-corrected chi connectivity index (χ1v) is 9.84. The molecule has 0 saturated heterocycles. The van der Waals surface area contributed by atoms with Gasteiger partial charge < -0.3 is 5.11 Å². The van der Waals surface area contributed by atoms with E-state index in [1.807, 2.05) is 11.8 Å². The molecule has 0 atom stereocenters. The van der Waals surface area contributed by atoms with Gasteiger partial charge in [-0.15, -0.1) is 11.8 Å². The number of unbranched alkanes of at least 4 members (excludes halogenated alkanes) is 11. The first-order chi connectivity index (χ1) is 9.91. The molecule has 1 nitrogen and oxygen atoms in total. The van der Waals surface area contributed by atoms with E-state index in [9.17, 15) is 0 Å². The molecule has 0 radical (unpaired) electrons. The lowest BCUT2D eigenvalue weighted by molar-refractivity contribution is 0.285. The molecule has 0 amide bonds. The molecule has 0 saturated carbocycles. The Labute approximate surface area is 131 Å². The summed E-state index contributed by atoms with van der Waals surface area (Å²) in [4.78, 5) is 0. The van der Waals surface area contributed by atoms with Crippen molar-refractivity contribution in [1.82, 2.24) is 0 Å². The molecule has 0 bridgehead atoms. The quantitative estimate of drug-likeness (QED) is 0.337. The molecule has 0 rings (SSSR count). The first-order valence-electron chi connectivity index (χ1n) is 8.79. The summed E-state index contributed by atoms with van der Waals surface area (Å²) >= 11 is 1.95. The summed E-state index contributed by atoms with van der Waals surface area (Å²) in [7, 11) is 0. The Hall–Kier alpha value is 0.0500. The molecule has 20 heavy (non-hydrogen) atoms. The Morgan fingerprint density at radius 3 is 1.95 bits per heavy atom. The number of hydrogen-bond acceptors (Lipinski definition) is 2. The van der Waals surface area contributed by atoms with E-state index < -0.39 is 0 Å². The van der Waals surface area contributed by atoms with E-state index in [4.69, 9.17) is 5.11 Å². The Bertz CT molecular complexity index is 192. The van der Waals surface area contributed by atoms with Crippen LogP contribution < -0.4 is 0 Å². The fraction of sp³-hybridized carbons (Fsp3) is 0.889. The predicted octanol–water partition coefficient (Wildman–Crippen LogP) is 6.32. The van der Waals surface area contributed by atoms with Crippen LogP contribution in [-0.2, 0) is 0 Å². The van der Waals surface area contributed by atoms with Crippen LogP contribution in [0.1, 0.15) is 90.4 Å². The maximum Gasteiger partial charge on any atom is 0.0431 e. The van der Waals surface area contributed by atoms with Crippen LogP contribution in [0.5, 0.6) is 0 Å². The van der Waals surface area contributed by atoms with Gasteiger partial charge in [0, 0.05) is 6.61 Å². The lowest BCUT2D eigenvalue weighted by Crippen LogP contribution is -1.83. The highest BCUT2D eigenvalue weighted by molar-refractivity contribution is 8.02. The largest absolute Gasteiger partial charge is 0.396 e. The van der Waals surface area contributed by atoms with Crippen molar-refractivity contribution >= 4 is 11.8 Å². The van der Waals surface area contributed by atoms with Gasteiger partial charge in [0.1, 0.15) is 0 Å². The molecule has 0 aliphatic carbocycles. The Morgan fingerprint density at radius 1 is 0.750 bits per heavy atom. The van der Waals surface area contributed by atoms with Crippen molar-refractivity contribution in [3.63, 3.8) is 0 Å². The molecule has 2 heteroatoms. The SMILES string of the molecule is CCCCCCCCCCCCS/C=C\CCCCO. The highest BCUT2D eigenvalue weighted by Gasteiger charge is 1.92. The molecular weight excluding hydrogens is 264 g/mol. The van der Waals surface area contributed by atoms with Gasteiger partial charge in [-0.3, -0.25) is 0 Å². The third kappa shape index (κ3) is 18.0. The van der Waals surface area contributed by atoms with E-state index in [1.54, 1.807) is 0 Å². The Kier molecular flexibility index (Phi) is 19.1. The number of allylic oxidation sites excluding steroid dienone is 1. The minimum atomic E-state index is 0.333. The van der Waals surface area contributed by atoms with E-state index in [0.717, 1.165) is 19.3 Å². The zero-order chi connectivity index (χ0) is 14.7. The van der Waals surface area contributed by atoms with Gasteiger partial charge in [-0.1, -0.05) is 70.8 Å². The summed E-state index contributed by atoms with van der Waals surface area (Å²) in [6.45, 7) is 2.61. The van der Waals surface area contributed by atoms with Gasteiger partial charge in [0.05, 0.1) is 0 Å². The van der Waals surface area contributed by atoms with E-state index >= 15 is 0 Å². The van der Waals surface area contributed by atoms with Gasteiger partial charge in [-0.05, 0) is 36.8 Å². The summed E-state index contributed by atoms with van der Waals surface area (Å²) in [6, 6.07) is 0. The highest BCUT2D eigenvalue weighted by atomic mass is 32.2. The van der Waals surface area contributed by atoms with Crippen molar-refractivity contribution in [2.45, 2.75) is 90.4 Å². The monoisotopic (exact) mass is 300 g/mol. The van der Waals surface area contributed by atoms with Crippen LogP contribution in [0.3, 0.4) is 0 Å². The van der Waals surface area contributed by atoms with E-state index in [-0.39, 0.29) is 0 Å². The molecule has 0 aromatic carbocycles. The summed E-state index contributed by atoms with van der Waals surface area (Å²) in [5.41, 5.74) is 0. The fourth-order valence-electron chi connectivity index (χ4n) is 2.25. The third-order valence-electron chi connectivity index (χ3n) is 3.59. The lowest BCUT2D eigenvalue weighted by atomic mass is 10.1. The van der Waals surface area contributed by atoms with Crippen molar-refractivity contribution < 1.29 is 5.11 Å². The average molecular weight is 301 g/mol. The standard InChI is InChI=1S/C18H36OS/c1-2-3-4-5-6-7-8-9-11-14-17-20-18-15-12-10-13-16-19/h15,18-19H,2-14,16-17H2,1H3/b18-15-. The molecule has 0 heterocycles. The van der Waals surface area contributed by atoms with Crippen molar-refractivity contribution in [1.29, 1.82) is 0 Å². The smallest absolute Gasteiger partial charge is 0.0431 e. The predicted molar refractivity (Wildman–Crippen MR) is 94.4 cm³/mol. The summed E-state index contributed by atoms with van der Waals surface area (Å²) in [6.07, 6.45) is 19.6. The molecule has 1 N–H and O–H groups in total. The fourth-order valence-corrected chi connectivity index (χ4v) is 3.03. The topological polar surface area (TPSA) is 20.2 Å². The molecular formula is C18H36OS. The van der Waals surface area contributed by atoms with Crippen molar-refractivity contribution in [2.24, 2.45) is 0 Å². The van der Waals surface area contributed by atoms with Crippen LogP contribution in [0.15, 0.2) is 11.5 Å². The van der Waals surface area contributed by atoms with Crippen LogP contribution in [0.25, 0.3) is 0 Å². The molecule has 0 spiro atoms. The summed E-state index contributed by atoms with van der Waals surface area (Å²) < 4.78 is 0. The number of thioether (sulfide) groups is 1. The zero-order valence-corrected chi connectivity index (χ0v) is 14.4. The van der Waals surface area contributed by atoms with Crippen LogP contribution in [0, 0.1) is 0 Å². The number of aliphatic hydroxyl groups is 1. The molecule has 0 aromatic rings. The minimum Gasteiger partial charge on any atom is -0.396 e. The Morgan fingerprint density at radius 2 is 1.35 bits per heavy atom. The summed E-state index contributed by atoms with van der Waals surface area (Å²) in [5, 5.41) is 10.9. The van der Waals surface area contributed by atoms with Gasteiger partial charge in [-0.25, -0.2) is 0 Å². The molecule has 120 valence electrons. The second-order valence-electron chi connectivity index (χ2n) is 5.64. The van der Waals surface area contributed by atoms with Crippen LogP contribution >= 0.6 is 11.8 Å². The first kappa shape index (κ1) is 20.1. The van der Waals surface area contributed by atoms with E-state index in [2.05, 4.69) is 18.4 Å². The molecule has 0 aliphatic heterocycles. The van der Waals surface area contributed by atoms with E-state index in [0.29, 0.717) is 6.61 Å². The van der Waals surface area contributed by atoms with Gasteiger partial charge in [-0.2, -0.15) is 0 Å². The van der Waals surface area contributed by atoms with Gasteiger partial charge in [0.25, 0.3) is 0 Å². The van der Waals surface area contributed by atoms with E-state index in [1.165, 1.54) is 70.0 Å². The highest BCUT2D eigenvalue weighted by Crippen LogP contribution is 2.13. The molecule has 0 fully saturated rings. The van der Waals surface area contributed by atoms with Crippen LogP contribution in [0.2, 0.25) is 0 Å². The number of rotatable bonds is 16. The van der Waals surface area contributed by atoms with Gasteiger partial charge >= 0.3 is 0 Å². The minimum absolute atomic E-state index is 0.333. The molecule has 0 unspecified atom stereocenters.